The van der Waals surface area contributed by atoms with Gasteiger partial charge in [-0.1, -0.05) is 6.07 Å². The zero-order valence-electron chi connectivity index (χ0n) is 23.3. The number of rotatable bonds is 8. The minimum Gasteiger partial charge on any atom is -0.496 e. The molecule has 5 aliphatic rings. The van der Waals surface area contributed by atoms with Crippen LogP contribution >= 0.6 is 0 Å². The van der Waals surface area contributed by atoms with Crippen LogP contribution in [0.15, 0.2) is 24.5 Å². The average molecular weight is 613 g/mol. The van der Waals surface area contributed by atoms with Gasteiger partial charge in [0.2, 0.25) is 6.79 Å². The summed E-state index contributed by atoms with van der Waals surface area (Å²) >= 11 is 0. The van der Waals surface area contributed by atoms with Crippen LogP contribution in [-0.2, 0) is 33.2 Å². The summed E-state index contributed by atoms with van der Waals surface area (Å²) in [6, 6.07) is 5.22. The number of aliphatic hydroxyl groups excluding tert-OH is 5. The molecule has 238 valence electrons. The van der Waals surface area contributed by atoms with Gasteiger partial charge in [0.25, 0.3) is 0 Å². The molecular weight excluding hydrogens is 576 g/mol. The Balaban J connectivity index is 1.11. The number of hydrogen-bond donors (Lipinski definition) is 6. The van der Waals surface area contributed by atoms with Gasteiger partial charge >= 0.3 is 0 Å². The van der Waals surface area contributed by atoms with Crippen molar-refractivity contribution in [2.24, 2.45) is 5.92 Å². The van der Waals surface area contributed by atoms with Gasteiger partial charge in [0, 0.05) is 13.5 Å². The van der Waals surface area contributed by atoms with Gasteiger partial charge in [-0.15, -0.1) is 0 Å². The summed E-state index contributed by atoms with van der Waals surface area (Å²) in [5.74, 6) is 0.488. The number of carbonyl (C=O) groups excluding carboxylic acids is 1. The number of carbonyl (C=O) groups is 1. The van der Waals surface area contributed by atoms with Crippen LogP contribution in [0.2, 0.25) is 0 Å². The zero-order valence-corrected chi connectivity index (χ0v) is 23.3. The third-order valence-electron chi connectivity index (χ3n) is 8.75. The zero-order chi connectivity index (χ0) is 30.5. The van der Waals surface area contributed by atoms with E-state index >= 15 is 0 Å². The molecule has 6 N–H and O–H groups in total. The molecule has 1 aromatic rings. The van der Waals surface area contributed by atoms with E-state index in [4.69, 9.17) is 37.9 Å². The highest BCUT2D eigenvalue weighted by molar-refractivity contribution is 6.22. The Bertz CT molecular complexity index is 1210. The van der Waals surface area contributed by atoms with Crippen LogP contribution in [0.5, 0.6) is 11.5 Å². The molecule has 15 heteroatoms. The molecule has 1 aromatic carbocycles. The maximum atomic E-state index is 13.5. The van der Waals surface area contributed by atoms with Crippen LogP contribution in [0.3, 0.4) is 0 Å². The van der Waals surface area contributed by atoms with E-state index < -0.39 is 86.1 Å². The summed E-state index contributed by atoms with van der Waals surface area (Å²) in [6.07, 6.45) is -10.4. The Labute approximate surface area is 246 Å². The first-order valence-corrected chi connectivity index (χ1v) is 14.1. The predicted molar refractivity (Wildman–Crippen MR) is 139 cm³/mol. The summed E-state index contributed by atoms with van der Waals surface area (Å²) in [5, 5.41) is 61.4. The molecule has 0 aromatic heterocycles. The van der Waals surface area contributed by atoms with Crippen LogP contribution in [0, 0.1) is 5.92 Å². The van der Waals surface area contributed by atoms with E-state index in [-0.39, 0.29) is 32.0 Å². The number of methoxy groups -OCH3 is 1. The summed E-state index contributed by atoms with van der Waals surface area (Å²) in [4.78, 5) is 13.5. The van der Waals surface area contributed by atoms with Crippen molar-refractivity contribution in [3.8, 4) is 11.5 Å². The first kappa shape index (κ1) is 30.6. The Kier molecular flexibility index (Phi) is 8.67. The maximum Gasteiger partial charge on any atom is 0.231 e. The molecule has 43 heavy (non-hydrogen) atoms. The molecule has 0 radical (unpaired) electrons. The van der Waals surface area contributed by atoms with Gasteiger partial charge in [-0.05, 0) is 24.1 Å². The SMILES string of the molecule is COC1CC2C(=O)C(c3ccc4c(c3)OCO4)=COC2CC1O[C@@H]1O[C@H](CO[C@H]2OC[C@](O)(CO)[C@H]2O)[C@@H](O)[C@H](O)[C@H]1O. The number of ketones is 1. The first-order chi connectivity index (χ1) is 20.6. The summed E-state index contributed by atoms with van der Waals surface area (Å²) in [7, 11) is 1.47. The highest BCUT2D eigenvalue weighted by atomic mass is 16.7. The topological polar surface area (TPSA) is 212 Å². The fourth-order valence-corrected chi connectivity index (χ4v) is 6.07. The third kappa shape index (κ3) is 5.64. The highest BCUT2D eigenvalue weighted by Gasteiger charge is 2.52. The van der Waals surface area contributed by atoms with Gasteiger partial charge in [-0.2, -0.15) is 0 Å². The molecule has 4 heterocycles. The van der Waals surface area contributed by atoms with Gasteiger partial charge < -0.3 is 68.5 Å². The van der Waals surface area contributed by atoms with Crippen molar-refractivity contribution in [2.75, 3.05) is 33.7 Å². The molecule has 4 unspecified atom stereocenters. The molecule has 1 aliphatic carbocycles. The van der Waals surface area contributed by atoms with Gasteiger partial charge in [0.15, 0.2) is 29.9 Å². The van der Waals surface area contributed by atoms with Gasteiger partial charge in [-0.25, -0.2) is 0 Å². The van der Waals surface area contributed by atoms with Crippen molar-refractivity contribution >= 4 is 11.4 Å². The van der Waals surface area contributed by atoms with Crippen molar-refractivity contribution in [2.45, 2.75) is 79.9 Å². The molecule has 4 aliphatic heterocycles. The fraction of sp³-hybridized carbons (Fsp3) is 0.679. The number of aliphatic hydroxyl groups is 6. The first-order valence-electron chi connectivity index (χ1n) is 14.1. The van der Waals surface area contributed by atoms with E-state index in [1.54, 1.807) is 18.2 Å². The standard InChI is InChI=1S/C28H36O15/c1-36-17-5-13-16(37-7-14(21(13)30)12-2-3-15-18(4-12)41-11-40-15)6-19(17)42-26-24(33)23(32)22(31)20(43-26)8-38-27-25(34)28(35,9-29)10-39-27/h2-4,7,13,16-17,19-20,22-27,29,31-35H,5-6,8-11H2,1H3/t13?,16?,17?,19?,20-,22-,23+,24-,25+,26-,27+,28-/m1/s1. The van der Waals surface area contributed by atoms with E-state index in [0.717, 1.165) is 0 Å². The van der Waals surface area contributed by atoms with Crippen molar-refractivity contribution in [3.05, 3.63) is 30.0 Å². The van der Waals surface area contributed by atoms with Crippen molar-refractivity contribution in [3.63, 3.8) is 0 Å². The fourth-order valence-electron chi connectivity index (χ4n) is 6.07. The minimum atomic E-state index is -1.91. The van der Waals surface area contributed by atoms with Gasteiger partial charge in [-0.3, -0.25) is 4.79 Å². The maximum absolute atomic E-state index is 13.5. The predicted octanol–water partition coefficient (Wildman–Crippen LogP) is -2.20. The summed E-state index contributed by atoms with van der Waals surface area (Å²) in [5.41, 5.74) is -0.876. The minimum absolute atomic E-state index is 0.111. The van der Waals surface area contributed by atoms with E-state index in [1.165, 1.54) is 13.4 Å². The number of fused-ring (bicyclic) bond motifs is 2. The molecule has 12 atom stereocenters. The number of ether oxygens (including phenoxy) is 8. The lowest BCUT2D eigenvalue weighted by Crippen LogP contribution is -2.61. The lowest BCUT2D eigenvalue weighted by molar-refractivity contribution is -0.328. The molecule has 0 spiro atoms. The Morgan fingerprint density at radius 1 is 1.00 bits per heavy atom. The molecule has 0 bridgehead atoms. The largest absolute Gasteiger partial charge is 0.496 e. The lowest BCUT2D eigenvalue weighted by atomic mass is 9.76. The molecule has 15 nitrogen and oxygen atoms in total. The van der Waals surface area contributed by atoms with Gasteiger partial charge in [0.1, 0.15) is 42.2 Å². The van der Waals surface area contributed by atoms with Crippen molar-refractivity contribution in [1.82, 2.24) is 0 Å². The molecule has 1 saturated carbocycles. The highest BCUT2D eigenvalue weighted by Crippen LogP contribution is 2.41. The second-order valence-electron chi connectivity index (χ2n) is 11.4. The molecule has 2 saturated heterocycles. The van der Waals surface area contributed by atoms with E-state index in [0.29, 0.717) is 22.6 Å². The number of Topliss-reactive ketones (excluding diaryl/α,β-unsaturated/α-hetero) is 1. The second-order valence-corrected chi connectivity index (χ2v) is 11.4. The van der Waals surface area contributed by atoms with Crippen molar-refractivity contribution in [1.29, 1.82) is 0 Å². The number of benzene rings is 1. The van der Waals surface area contributed by atoms with Gasteiger partial charge in [0.05, 0.1) is 49.8 Å². The normalized spacial score (nSPS) is 42.3. The van der Waals surface area contributed by atoms with Crippen LogP contribution in [0.4, 0.5) is 0 Å². The number of allylic oxidation sites excluding steroid dienone is 1. The van der Waals surface area contributed by atoms with Crippen LogP contribution < -0.4 is 9.47 Å². The molecule has 6 rings (SSSR count). The van der Waals surface area contributed by atoms with E-state index in [1.807, 2.05) is 0 Å². The van der Waals surface area contributed by atoms with Crippen LogP contribution in [0.25, 0.3) is 5.57 Å². The lowest BCUT2D eigenvalue weighted by Gasteiger charge is -2.45. The van der Waals surface area contributed by atoms with E-state index in [2.05, 4.69) is 0 Å². The van der Waals surface area contributed by atoms with Crippen LogP contribution in [-0.4, -0.2) is 137 Å². The number of hydrogen-bond acceptors (Lipinski definition) is 15. The Hall–Kier alpha value is -2.41. The quantitative estimate of drug-likeness (QED) is 0.184. The Morgan fingerprint density at radius 2 is 1.79 bits per heavy atom. The van der Waals surface area contributed by atoms with Crippen molar-refractivity contribution < 1.29 is 73.3 Å². The average Bonchev–Trinajstić information content (AvgIpc) is 3.60. The summed E-state index contributed by atoms with van der Waals surface area (Å²) < 4.78 is 44.9. The van der Waals surface area contributed by atoms with E-state index in [9.17, 15) is 35.4 Å². The third-order valence-corrected chi connectivity index (χ3v) is 8.75. The second kappa shape index (κ2) is 12.2. The monoisotopic (exact) mass is 612 g/mol. The Morgan fingerprint density at radius 3 is 2.53 bits per heavy atom. The molecule has 0 amide bonds. The van der Waals surface area contributed by atoms with Crippen LogP contribution in [0.1, 0.15) is 18.4 Å². The summed E-state index contributed by atoms with van der Waals surface area (Å²) in [6.45, 7) is -1.44. The molecular formula is C28H36O15. The molecule has 3 fully saturated rings. The smallest absolute Gasteiger partial charge is 0.231 e.